The molecule has 3 unspecified atom stereocenters. The van der Waals surface area contributed by atoms with E-state index in [1.807, 2.05) is 34.6 Å². The van der Waals surface area contributed by atoms with Crippen LogP contribution in [0.5, 0.6) is 0 Å². The third kappa shape index (κ3) is 7.63. The lowest BCUT2D eigenvalue weighted by atomic mass is 9.96. The first kappa shape index (κ1) is 24.3. The van der Waals surface area contributed by atoms with E-state index < -0.39 is 5.60 Å². The van der Waals surface area contributed by atoms with Crippen LogP contribution in [0.2, 0.25) is 0 Å². The van der Waals surface area contributed by atoms with Gasteiger partial charge < -0.3 is 25.0 Å². The summed E-state index contributed by atoms with van der Waals surface area (Å²) in [6.07, 6.45) is 4.69. The molecule has 0 aromatic rings. The molecule has 27 heavy (non-hydrogen) atoms. The Hall–Kier alpha value is -0.770. The maximum atomic E-state index is 12.3. The van der Waals surface area contributed by atoms with Crippen LogP contribution in [0.4, 0.5) is 4.79 Å². The molecule has 0 aliphatic carbocycles. The van der Waals surface area contributed by atoms with Gasteiger partial charge in [-0.25, -0.2) is 4.79 Å². The maximum absolute atomic E-state index is 12.3. The standard InChI is InChI=1S/C19H36N4O3.HI/c1-13(2)23(18(24)26-19(3,4)5)11-7-10-21-17(20-6)22-15-12-14-8-9-16(15)25-14;/h13-16H,7-12H2,1-6H3,(H2,20,21,22);1H. The number of carbonyl (C=O) groups is 1. The summed E-state index contributed by atoms with van der Waals surface area (Å²) in [5, 5.41) is 6.81. The molecule has 7 nitrogen and oxygen atoms in total. The lowest BCUT2D eigenvalue weighted by molar-refractivity contribution is 0.0190. The van der Waals surface area contributed by atoms with Gasteiger partial charge in [0.25, 0.3) is 0 Å². The molecule has 2 N–H and O–H groups in total. The number of amides is 1. The Morgan fingerprint density at radius 2 is 2.04 bits per heavy atom. The second kappa shape index (κ2) is 10.7. The molecule has 3 atom stereocenters. The summed E-state index contributed by atoms with van der Waals surface area (Å²) in [4.78, 5) is 18.4. The summed E-state index contributed by atoms with van der Waals surface area (Å²) >= 11 is 0. The van der Waals surface area contributed by atoms with Crippen molar-refractivity contribution in [2.45, 2.75) is 90.2 Å². The van der Waals surface area contributed by atoms with Gasteiger partial charge >= 0.3 is 6.09 Å². The van der Waals surface area contributed by atoms with Crippen LogP contribution < -0.4 is 10.6 Å². The minimum absolute atomic E-state index is 0. The molecular formula is C19H37IN4O3. The van der Waals surface area contributed by atoms with E-state index in [9.17, 15) is 4.79 Å². The zero-order valence-electron chi connectivity index (χ0n) is 17.6. The Kier molecular flexibility index (Phi) is 9.61. The van der Waals surface area contributed by atoms with E-state index in [0.29, 0.717) is 24.8 Å². The Labute approximate surface area is 181 Å². The molecule has 2 aliphatic heterocycles. The minimum Gasteiger partial charge on any atom is -0.444 e. The molecule has 0 radical (unpaired) electrons. The highest BCUT2D eigenvalue weighted by Crippen LogP contribution is 2.34. The number of rotatable bonds is 6. The highest BCUT2D eigenvalue weighted by Gasteiger charge is 2.41. The zero-order valence-corrected chi connectivity index (χ0v) is 19.9. The van der Waals surface area contributed by atoms with E-state index in [1.54, 1.807) is 11.9 Å². The van der Waals surface area contributed by atoms with Crippen molar-refractivity contribution < 1.29 is 14.3 Å². The minimum atomic E-state index is -0.475. The fourth-order valence-electron chi connectivity index (χ4n) is 3.50. The number of nitrogens with one attached hydrogen (secondary N) is 2. The fraction of sp³-hybridized carbons (Fsp3) is 0.895. The number of halogens is 1. The Morgan fingerprint density at radius 1 is 1.33 bits per heavy atom. The maximum Gasteiger partial charge on any atom is 0.410 e. The van der Waals surface area contributed by atoms with Crippen molar-refractivity contribution in [1.29, 1.82) is 0 Å². The van der Waals surface area contributed by atoms with E-state index in [1.165, 1.54) is 6.42 Å². The van der Waals surface area contributed by atoms with Gasteiger partial charge in [-0.15, -0.1) is 24.0 Å². The SMILES string of the molecule is CN=C(NCCCN(C(=O)OC(C)(C)C)C(C)C)NC1CC2CCC1O2.I. The molecule has 8 heteroatoms. The van der Waals surface area contributed by atoms with Crippen LogP contribution in [0, 0.1) is 0 Å². The molecule has 0 saturated carbocycles. The Balaban J connectivity index is 0.00000364. The molecule has 2 heterocycles. The van der Waals surface area contributed by atoms with Crippen LogP contribution in [0.3, 0.4) is 0 Å². The van der Waals surface area contributed by atoms with Crippen LogP contribution in [-0.2, 0) is 9.47 Å². The summed E-state index contributed by atoms with van der Waals surface area (Å²) < 4.78 is 11.4. The van der Waals surface area contributed by atoms with Crippen LogP contribution in [-0.4, -0.2) is 67.0 Å². The van der Waals surface area contributed by atoms with Crippen LogP contribution >= 0.6 is 24.0 Å². The Morgan fingerprint density at radius 3 is 2.52 bits per heavy atom. The average molecular weight is 496 g/mol. The molecule has 0 spiro atoms. The monoisotopic (exact) mass is 496 g/mol. The number of fused-ring (bicyclic) bond motifs is 2. The second-order valence-corrected chi connectivity index (χ2v) is 8.48. The van der Waals surface area contributed by atoms with Gasteiger partial charge in [0, 0.05) is 26.2 Å². The van der Waals surface area contributed by atoms with E-state index >= 15 is 0 Å². The number of ether oxygens (including phenoxy) is 2. The van der Waals surface area contributed by atoms with Crippen molar-refractivity contribution in [3.63, 3.8) is 0 Å². The van der Waals surface area contributed by atoms with Gasteiger partial charge in [0.05, 0.1) is 18.2 Å². The number of guanidine groups is 1. The zero-order chi connectivity index (χ0) is 19.3. The molecule has 1 amide bonds. The second-order valence-electron chi connectivity index (χ2n) is 8.48. The normalized spacial score (nSPS) is 24.6. The molecule has 2 bridgehead atoms. The van der Waals surface area contributed by atoms with E-state index in [0.717, 1.165) is 31.8 Å². The van der Waals surface area contributed by atoms with Crippen LogP contribution in [0.1, 0.15) is 60.3 Å². The van der Waals surface area contributed by atoms with Gasteiger partial charge in [0.15, 0.2) is 5.96 Å². The van der Waals surface area contributed by atoms with Crippen molar-refractivity contribution in [1.82, 2.24) is 15.5 Å². The summed E-state index contributed by atoms with van der Waals surface area (Å²) in [6.45, 7) is 11.1. The number of hydrogen-bond acceptors (Lipinski definition) is 4. The van der Waals surface area contributed by atoms with Gasteiger partial charge in [0.1, 0.15) is 5.60 Å². The summed E-state index contributed by atoms with van der Waals surface area (Å²) in [5.41, 5.74) is -0.475. The smallest absolute Gasteiger partial charge is 0.410 e. The number of aliphatic imine (C=N–C) groups is 1. The lowest BCUT2D eigenvalue weighted by Gasteiger charge is -2.30. The summed E-state index contributed by atoms with van der Waals surface area (Å²) in [7, 11) is 1.78. The van der Waals surface area contributed by atoms with Crippen molar-refractivity contribution in [3.05, 3.63) is 0 Å². The first-order chi connectivity index (χ1) is 12.2. The van der Waals surface area contributed by atoms with Gasteiger partial charge in [-0.3, -0.25) is 4.99 Å². The van der Waals surface area contributed by atoms with Crippen molar-refractivity contribution in [3.8, 4) is 0 Å². The molecule has 0 aromatic carbocycles. The van der Waals surface area contributed by atoms with Crippen LogP contribution in [0.25, 0.3) is 0 Å². The predicted octanol–water partition coefficient (Wildman–Crippen LogP) is 3.12. The highest BCUT2D eigenvalue weighted by atomic mass is 127. The highest BCUT2D eigenvalue weighted by molar-refractivity contribution is 14.0. The lowest BCUT2D eigenvalue weighted by Crippen LogP contribution is -2.48. The van der Waals surface area contributed by atoms with Crippen molar-refractivity contribution >= 4 is 36.0 Å². The number of nitrogens with zero attached hydrogens (tertiary/aromatic N) is 2. The summed E-state index contributed by atoms with van der Waals surface area (Å²) in [5.74, 6) is 0.805. The summed E-state index contributed by atoms with van der Waals surface area (Å²) in [6, 6.07) is 0.461. The molecular weight excluding hydrogens is 459 g/mol. The predicted molar refractivity (Wildman–Crippen MR) is 119 cm³/mol. The first-order valence-corrected chi connectivity index (χ1v) is 9.82. The number of carbonyl (C=O) groups excluding carboxylic acids is 1. The number of hydrogen-bond donors (Lipinski definition) is 2. The topological polar surface area (TPSA) is 75.2 Å². The molecule has 2 fully saturated rings. The molecule has 158 valence electrons. The quantitative estimate of drug-likeness (QED) is 0.256. The van der Waals surface area contributed by atoms with Gasteiger partial charge in [-0.05, 0) is 60.3 Å². The fourth-order valence-corrected chi connectivity index (χ4v) is 3.50. The van der Waals surface area contributed by atoms with Crippen molar-refractivity contribution in [2.24, 2.45) is 4.99 Å². The third-order valence-electron chi connectivity index (χ3n) is 4.77. The van der Waals surface area contributed by atoms with E-state index in [4.69, 9.17) is 9.47 Å². The van der Waals surface area contributed by atoms with Crippen molar-refractivity contribution in [2.75, 3.05) is 20.1 Å². The average Bonchev–Trinajstić information content (AvgIpc) is 3.13. The van der Waals surface area contributed by atoms with Crippen LogP contribution in [0.15, 0.2) is 4.99 Å². The van der Waals surface area contributed by atoms with Gasteiger partial charge in [-0.2, -0.15) is 0 Å². The largest absolute Gasteiger partial charge is 0.444 e. The molecule has 2 saturated heterocycles. The third-order valence-corrected chi connectivity index (χ3v) is 4.77. The van der Waals surface area contributed by atoms with Gasteiger partial charge in [0.2, 0.25) is 0 Å². The molecule has 2 rings (SSSR count). The van der Waals surface area contributed by atoms with Gasteiger partial charge in [-0.1, -0.05) is 0 Å². The van der Waals surface area contributed by atoms with E-state index in [2.05, 4.69) is 15.6 Å². The Bertz CT molecular complexity index is 508. The molecule has 2 aliphatic rings. The molecule has 0 aromatic heterocycles. The first-order valence-electron chi connectivity index (χ1n) is 9.82. The van der Waals surface area contributed by atoms with E-state index in [-0.39, 0.29) is 36.1 Å².